The molecule has 0 saturated heterocycles. The highest BCUT2D eigenvalue weighted by atomic mass is 32.2. The van der Waals surface area contributed by atoms with E-state index in [4.69, 9.17) is 9.15 Å². The Kier molecular flexibility index (Phi) is 3.05. The third kappa shape index (κ3) is 1.75. The average Bonchev–Trinajstić information content (AvgIpc) is 2.58. The molecule has 0 aliphatic carbocycles. The van der Waals surface area contributed by atoms with E-state index in [1.807, 2.05) is 0 Å². The largest absolute Gasteiger partial charge is 0.460 e. The molecule has 1 aromatic heterocycles. The van der Waals surface area contributed by atoms with Crippen LogP contribution < -0.4 is 0 Å². The van der Waals surface area contributed by atoms with Crippen LogP contribution in [0.2, 0.25) is 0 Å². The van der Waals surface area contributed by atoms with E-state index in [1.165, 1.54) is 11.8 Å². The lowest BCUT2D eigenvalue weighted by Gasteiger charge is -2.07. The maximum Gasteiger partial charge on any atom is 0.374 e. The molecule has 0 amide bonds. The van der Waals surface area contributed by atoms with Crippen molar-refractivity contribution in [2.45, 2.75) is 19.6 Å². The first-order valence-electron chi connectivity index (χ1n) is 5.05. The molecule has 1 aliphatic heterocycles. The molecule has 0 aromatic carbocycles. The first kappa shape index (κ1) is 11.3. The van der Waals surface area contributed by atoms with Gasteiger partial charge in [-0.3, -0.25) is 4.79 Å². The maximum absolute atomic E-state index is 11.7. The second-order valence-corrected chi connectivity index (χ2v) is 4.48. The summed E-state index contributed by atoms with van der Waals surface area (Å²) in [5.41, 5.74) is 1.18. The molecular weight excluding hydrogens is 228 g/mol. The van der Waals surface area contributed by atoms with Gasteiger partial charge >= 0.3 is 5.97 Å². The van der Waals surface area contributed by atoms with Gasteiger partial charge in [-0.2, -0.15) is 0 Å². The molecule has 2 heterocycles. The van der Waals surface area contributed by atoms with Crippen molar-refractivity contribution in [1.29, 1.82) is 0 Å². The molecule has 5 heteroatoms. The number of carbonyl (C=O) groups is 2. The summed E-state index contributed by atoms with van der Waals surface area (Å²) in [6.45, 7) is 3.76. The molecule has 1 aromatic rings. The predicted octanol–water partition coefficient (Wildman–Crippen LogP) is 2.19. The second-order valence-electron chi connectivity index (χ2n) is 3.49. The van der Waals surface area contributed by atoms with Crippen LogP contribution in [0, 0.1) is 6.92 Å². The molecule has 2 rings (SSSR count). The van der Waals surface area contributed by atoms with E-state index in [0.29, 0.717) is 35.0 Å². The summed E-state index contributed by atoms with van der Waals surface area (Å²) in [5, 5.41) is 0. The van der Waals surface area contributed by atoms with Crippen LogP contribution in [0.1, 0.15) is 39.2 Å². The Morgan fingerprint density at radius 3 is 2.88 bits per heavy atom. The minimum Gasteiger partial charge on any atom is -0.460 e. The van der Waals surface area contributed by atoms with Crippen molar-refractivity contribution < 1.29 is 18.7 Å². The Bertz CT molecular complexity index is 447. The molecule has 4 nitrogen and oxygen atoms in total. The normalized spacial score (nSPS) is 14.8. The Labute approximate surface area is 97.3 Å². The lowest BCUT2D eigenvalue weighted by Crippen LogP contribution is -2.11. The number of carbonyl (C=O) groups excluding carboxylic acids is 2. The number of thioether (sulfide) groups is 1. The van der Waals surface area contributed by atoms with Crippen LogP contribution in [0.3, 0.4) is 0 Å². The summed E-state index contributed by atoms with van der Waals surface area (Å²) < 4.78 is 10.3. The van der Waals surface area contributed by atoms with Gasteiger partial charge < -0.3 is 9.15 Å². The molecule has 0 unspecified atom stereocenters. The fourth-order valence-electron chi connectivity index (χ4n) is 1.74. The summed E-state index contributed by atoms with van der Waals surface area (Å²) in [6, 6.07) is 0. The summed E-state index contributed by atoms with van der Waals surface area (Å²) >= 11 is 1.50. The van der Waals surface area contributed by atoms with E-state index in [1.54, 1.807) is 13.8 Å². The molecule has 1 aliphatic rings. The number of hydrogen-bond donors (Lipinski definition) is 0. The van der Waals surface area contributed by atoms with Crippen molar-refractivity contribution in [3.05, 3.63) is 22.6 Å². The molecule has 0 radical (unpaired) electrons. The van der Waals surface area contributed by atoms with Gasteiger partial charge in [0, 0.05) is 5.56 Å². The highest BCUT2D eigenvalue weighted by molar-refractivity contribution is 7.99. The average molecular weight is 240 g/mol. The van der Waals surface area contributed by atoms with E-state index < -0.39 is 5.97 Å². The molecule has 0 spiro atoms. The highest BCUT2D eigenvalue weighted by Gasteiger charge is 2.29. The van der Waals surface area contributed by atoms with Gasteiger partial charge in [-0.15, -0.1) is 11.8 Å². The minimum absolute atomic E-state index is 0.0306. The number of furan rings is 1. The van der Waals surface area contributed by atoms with Gasteiger partial charge in [0.05, 0.1) is 23.7 Å². The van der Waals surface area contributed by atoms with Crippen molar-refractivity contribution in [1.82, 2.24) is 0 Å². The third-order valence-corrected chi connectivity index (χ3v) is 3.36. The summed E-state index contributed by atoms with van der Waals surface area (Å²) in [6.07, 6.45) is 0. The molecule has 0 atom stereocenters. The van der Waals surface area contributed by atoms with Crippen LogP contribution in [-0.2, 0) is 10.5 Å². The number of rotatable bonds is 2. The zero-order chi connectivity index (χ0) is 11.7. The van der Waals surface area contributed by atoms with Crippen LogP contribution in [0.4, 0.5) is 0 Å². The SMILES string of the molecule is CCOC(=O)c1oc2c(c1C)C(=O)CSC2. The number of esters is 1. The minimum atomic E-state index is -0.493. The quantitative estimate of drug-likeness (QED) is 0.742. The summed E-state index contributed by atoms with van der Waals surface area (Å²) in [5.74, 6) is 1.40. The van der Waals surface area contributed by atoms with Crippen LogP contribution in [0.15, 0.2) is 4.42 Å². The standard InChI is InChI=1S/C11H12O4S/c1-3-14-11(13)10-6(2)9-7(12)4-16-5-8(9)15-10/h3-5H2,1-2H3. The van der Waals surface area contributed by atoms with Gasteiger partial charge in [0.2, 0.25) is 5.76 Å². The van der Waals surface area contributed by atoms with E-state index >= 15 is 0 Å². The van der Waals surface area contributed by atoms with Crippen molar-refractivity contribution >= 4 is 23.5 Å². The number of ketones is 1. The van der Waals surface area contributed by atoms with Crippen LogP contribution >= 0.6 is 11.8 Å². The molecule has 0 fully saturated rings. The zero-order valence-corrected chi connectivity index (χ0v) is 9.98. The van der Waals surface area contributed by atoms with E-state index in [2.05, 4.69) is 0 Å². The molecule has 0 saturated carbocycles. The Morgan fingerprint density at radius 2 is 2.25 bits per heavy atom. The first-order valence-corrected chi connectivity index (χ1v) is 6.21. The Morgan fingerprint density at radius 1 is 1.50 bits per heavy atom. The third-order valence-electron chi connectivity index (χ3n) is 2.43. The first-order chi connectivity index (χ1) is 7.65. The Balaban J connectivity index is 2.42. The van der Waals surface area contributed by atoms with Crippen molar-refractivity contribution in [2.24, 2.45) is 0 Å². The summed E-state index contributed by atoms with van der Waals surface area (Å²) in [7, 11) is 0. The Hall–Kier alpha value is -1.23. The van der Waals surface area contributed by atoms with Gasteiger partial charge in [0.25, 0.3) is 0 Å². The molecule has 0 N–H and O–H groups in total. The van der Waals surface area contributed by atoms with Gasteiger partial charge in [-0.25, -0.2) is 4.79 Å². The number of fused-ring (bicyclic) bond motifs is 1. The van der Waals surface area contributed by atoms with E-state index in [9.17, 15) is 9.59 Å². The van der Waals surface area contributed by atoms with E-state index in [-0.39, 0.29) is 11.5 Å². The van der Waals surface area contributed by atoms with Gasteiger partial charge in [-0.1, -0.05) is 0 Å². The lowest BCUT2D eigenvalue weighted by molar-refractivity contribution is 0.0487. The number of hydrogen-bond acceptors (Lipinski definition) is 5. The molecule has 0 bridgehead atoms. The zero-order valence-electron chi connectivity index (χ0n) is 9.16. The number of ether oxygens (including phenoxy) is 1. The summed E-state index contributed by atoms with van der Waals surface area (Å²) in [4.78, 5) is 23.2. The second kappa shape index (κ2) is 4.33. The fraction of sp³-hybridized carbons (Fsp3) is 0.455. The predicted molar refractivity (Wildman–Crippen MR) is 59.9 cm³/mol. The number of Topliss-reactive ketones (excluding diaryl/α,β-unsaturated/α-hetero) is 1. The van der Waals surface area contributed by atoms with E-state index in [0.717, 1.165) is 0 Å². The molecule has 16 heavy (non-hydrogen) atoms. The molecular formula is C11H12O4S. The maximum atomic E-state index is 11.7. The van der Waals surface area contributed by atoms with Crippen LogP contribution in [-0.4, -0.2) is 24.1 Å². The lowest BCUT2D eigenvalue weighted by atomic mass is 10.1. The van der Waals surface area contributed by atoms with Crippen LogP contribution in [0.5, 0.6) is 0 Å². The fourth-order valence-corrected chi connectivity index (χ4v) is 2.56. The highest BCUT2D eigenvalue weighted by Crippen LogP contribution is 2.31. The van der Waals surface area contributed by atoms with Crippen molar-refractivity contribution in [2.75, 3.05) is 12.4 Å². The van der Waals surface area contributed by atoms with Gasteiger partial charge in [-0.05, 0) is 13.8 Å². The molecule has 86 valence electrons. The topological polar surface area (TPSA) is 56.5 Å². The van der Waals surface area contributed by atoms with Crippen molar-refractivity contribution in [3.63, 3.8) is 0 Å². The van der Waals surface area contributed by atoms with Crippen molar-refractivity contribution in [3.8, 4) is 0 Å². The smallest absolute Gasteiger partial charge is 0.374 e. The monoisotopic (exact) mass is 240 g/mol. The van der Waals surface area contributed by atoms with Gasteiger partial charge in [0.1, 0.15) is 5.76 Å². The van der Waals surface area contributed by atoms with Crippen LogP contribution in [0.25, 0.3) is 0 Å². The van der Waals surface area contributed by atoms with Gasteiger partial charge in [0.15, 0.2) is 5.78 Å².